The summed E-state index contributed by atoms with van der Waals surface area (Å²) in [6.45, 7) is 0. The van der Waals surface area contributed by atoms with Crippen LogP contribution in [0.4, 0.5) is 0 Å². The zero-order valence-corrected chi connectivity index (χ0v) is 15.4. The Hall–Kier alpha value is -2.59. The van der Waals surface area contributed by atoms with Gasteiger partial charge in [-0.05, 0) is 54.8 Å². The van der Waals surface area contributed by atoms with Crippen molar-refractivity contribution < 1.29 is 8.99 Å². The molecule has 0 atom stereocenters. The maximum atomic E-state index is 8.64. The zero-order valence-electron chi connectivity index (χ0n) is 14.6. The van der Waals surface area contributed by atoms with E-state index in [1.807, 2.05) is 55.6 Å². The molecule has 0 bridgehead atoms. The van der Waals surface area contributed by atoms with Gasteiger partial charge in [-0.2, -0.15) is 5.41 Å². The average molecular weight is 367 g/mol. The van der Waals surface area contributed by atoms with Gasteiger partial charge < -0.3 is 10.2 Å². The van der Waals surface area contributed by atoms with Crippen LogP contribution in [0.1, 0.15) is 30.4 Å². The topological polar surface area (TPSA) is 66.0 Å². The van der Waals surface area contributed by atoms with Gasteiger partial charge in [0.1, 0.15) is 5.58 Å². The molecule has 0 unspecified atom stereocenters. The van der Waals surface area contributed by atoms with Gasteiger partial charge in [0.05, 0.1) is 24.3 Å². The van der Waals surface area contributed by atoms with Gasteiger partial charge in [0.25, 0.3) is 5.84 Å². The molecular formula is C21H21ClN3O+. The fourth-order valence-electron chi connectivity index (χ4n) is 3.74. The Morgan fingerprint density at radius 2 is 1.88 bits per heavy atom. The number of hydrogen-bond donors (Lipinski definition) is 2. The maximum absolute atomic E-state index is 8.64. The largest absolute Gasteiger partial charge is 0.464 e. The lowest BCUT2D eigenvalue weighted by Gasteiger charge is -2.40. The fraction of sp³-hybridized carbons (Fsp3) is 0.238. The second-order valence-electron chi connectivity index (χ2n) is 6.91. The second kappa shape index (κ2) is 6.29. The summed E-state index contributed by atoms with van der Waals surface area (Å²) < 4.78 is 7.18. The molecule has 0 radical (unpaired) electrons. The Balaban J connectivity index is 1.73. The van der Waals surface area contributed by atoms with Crippen LogP contribution in [-0.4, -0.2) is 23.3 Å². The van der Waals surface area contributed by atoms with Crippen molar-refractivity contribution in [2.24, 2.45) is 5.73 Å². The van der Waals surface area contributed by atoms with Crippen LogP contribution in [0.15, 0.2) is 59.2 Å². The Bertz CT molecular complexity index is 1010. The molecule has 4 rings (SSSR count). The first-order chi connectivity index (χ1) is 12.5. The highest BCUT2D eigenvalue weighted by atomic mass is 35.5. The third-order valence-corrected chi connectivity index (χ3v) is 5.77. The van der Waals surface area contributed by atoms with Crippen molar-refractivity contribution in [3.8, 4) is 0 Å². The molecule has 0 aliphatic heterocycles. The molecule has 2 aromatic carbocycles. The highest BCUT2D eigenvalue weighted by Crippen LogP contribution is 2.44. The molecule has 4 nitrogen and oxygen atoms in total. The highest BCUT2D eigenvalue weighted by molar-refractivity contribution is 6.30. The van der Waals surface area contributed by atoms with Crippen molar-refractivity contribution in [1.29, 1.82) is 5.41 Å². The standard InChI is InChI=1S/C21H20ClN3O/c1-25(19(23)15-3-8-18-14(13-15)9-12-26-18)20(24)21(10-2-11-21)16-4-6-17(22)7-5-16/h3-9,12-13,23-24H,2,10-11H2,1H3/p+1. The minimum Gasteiger partial charge on any atom is -0.464 e. The number of rotatable bonds is 3. The van der Waals surface area contributed by atoms with E-state index in [1.54, 1.807) is 10.8 Å². The number of nitrogens with one attached hydrogen (secondary N) is 1. The molecule has 3 aromatic rings. The van der Waals surface area contributed by atoms with Crippen LogP contribution in [0.25, 0.3) is 11.0 Å². The lowest BCUT2D eigenvalue weighted by Crippen LogP contribution is -2.52. The molecule has 1 heterocycles. The molecule has 5 heteroatoms. The lowest BCUT2D eigenvalue weighted by atomic mass is 9.63. The Morgan fingerprint density at radius 1 is 1.15 bits per heavy atom. The first kappa shape index (κ1) is 16.9. The number of nitrogens with two attached hydrogens (primary N) is 1. The number of furan rings is 1. The normalized spacial score (nSPS) is 16.8. The number of fused-ring (bicyclic) bond motifs is 1. The fourth-order valence-corrected chi connectivity index (χ4v) is 3.87. The van der Waals surface area contributed by atoms with Gasteiger partial charge in [0.2, 0.25) is 5.84 Å². The summed E-state index contributed by atoms with van der Waals surface area (Å²) in [7, 11) is 1.87. The third kappa shape index (κ3) is 2.61. The zero-order chi connectivity index (χ0) is 18.3. The molecule has 0 spiro atoms. The monoisotopic (exact) mass is 366 g/mol. The molecule has 132 valence electrons. The number of nitrogens with zero attached hydrogens (tertiary/aromatic N) is 1. The Labute approximate surface area is 157 Å². The van der Waals surface area contributed by atoms with Gasteiger partial charge >= 0.3 is 0 Å². The van der Waals surface area contributed by atoms with E-state index >= 15 is 0 Å². The second-order valence-corrected chi connectivity index (χ2v) is 7.35. The van der Waals surface area contributed by atoms with E-state index in [9.17, 15) is 0 Å². The smallest absolute Gasteiger partial charge is 0.261 e. The summed E-state index contributed by atoms with van der Waals surface area (Å²) in [6, 6.07) is 15.5. The minimum atomic E-state index is -0.217. The van der Waals surface area contributed by atoms with Crippen molar-refractivity contribution in [3.63, 3.8) is 0 Å². The van der Waals surface area contributed by atoms with E-state index in [-0.39, 0.29) is 5.41 Å². The van der Waals surface area contributed by atoms with Crippen molar-refractivity contribution in [2.75, 3.05) is 7.05 Å². The third-order valence-electron chi connectivity index (χ3n) is 5.52. The van der Waals surface area contributed by atoms with Crippen LogP contribution < -0.4 is 5.73 Å². The molecule has 26 heavy (non-hydrogen) atoms. The van der Waals surface area contributed by atoms with Gasteiger partial charge in [0, 0.05) is 10.4 Å². The van der Waals surface area contributed by atoms with Crippen molar-refractivity contribution in [3.05, 3.63) is 70.9 Å². The van der Waals surface area contributed by atoms with E-state index in [4.69, 9.17) is 27.2 Å². The molecule has 1 aliphatic rings. The molecule has 1 fully saturated rings. The molecule has 1 aliphatic carbocycles. The van der Waals surface area contributed by atoms with Crippen LogP contribution in [0, 0.1) is 5.41 Å². The van der Waals surface area contributed by atoms with E-state index in [2.05, 4.69) is 0 Å². The minimum absolute atomic E-state index is 0.217. The summed E-state index contributed by atoms with van der Waals surface area (Å²) >= 11 is 6.04. The summed E-state index contributed by atoms with van der Waals surface area (Å²) in [5.41, 5.74) is 9.19. The van der Waals surface area contributed by atoms with Gasteiger partial charge in [-0.25, -0.2) is 4.58 Å². The van der Waals surface area contributed by atoms with E-state index in [0.29, 0.717) is 11.7 Å². The lowest BCUT2D eigenvalue weighted by molar-refractivity contribution is -0.377. The SMILES string of the molecule is C[N+](C(=N)c1ccc2occc2c1)=C(N)C1(c2ccc(Cl)cc2)CCC1. The molecule has 1 aromatic heterocycles. The number of amidine groups is 2. The van der Waals surface area contributed by atoms with Crippen molar-refractivity contribution in [2.45, 2.75) is 24.7 Å². The number of hydrogen-bond acceptors (Lipinski definition) is 2. The van der Waals surface area contributed by atoms with Crippen LogP contribution >= 0.6 is 11.6 Å². The first-order valence-electron chi connectivity index (χ1n) is 8.70. The van der Waals surface area contributed by atoms with Gasteiger partial charge in [-0.3, -0.25) is 0 Å². The molecule has 0 saturated heterocycles. The van der Waals surface area contributed by atoms with Gasteiger partial charge in [-0.15, -0.1) is 0 Å². The first-order valence-corrected chi connectivity index (χ1v) is 9.08. The summed E-state index contributed by atoms with van der Waals surface area (Å²) in [5.74, 6) is 1.09. The van der Waals surface area contributed by atoms with Crippen molar-refractivity contribution >= 4 is 34.2 Å². The molecular weight excluding hydrogens is 346 g/mol. The van der Waals surface area contributed by atoms with Crippen LogP contribution in [0.5, 0.6) is 0 Å². The quantitative estimate of drug-likeness (QED) is 0.406. The summed E-state index contributed by atoms with van der Waals surface area (Å²) in [6.07, 6.45) is 4.76. The summed E-state index contributed by atoms with van der Waals surface area (Å²) in [5, 5.41) is 10.3. The number of benzene rings is 2. The van der Waals surface area contributed by atoms with Crippen LogP contribution in [0.3, 0.4) is 0 Å². The molecule has 0 amide bonds. The van der Waals surface area contributed by atoms with Crippen LogP contribution in [-0.2, 0) is 5.41 Å². The average Bonchev–Trinajstić information content (AvgIpc) is 3.08. The van der Waals surface area contributed by atoms with Crippen molar-refractivity contribution in [1.82, 2.24) is 0 Å². The number of halogens is 1. The predicted octanol–water partition coefficient (Wildman–Crippen LogP) is 4.53. The molecule has 1 saturated carbocycles. The van der Waals surface area contributed by atoms with Gasteiger partial charge in [0.15, 0.2) is 0 Å². The van der Waals surface area contributed by atoms with Crippen LogP contribution in [0.2, 0.25) is 5.02 Å². The van der Waals surface area contributed by atoms with E-state index < -0.39 is 0 Å². The van der Waals surface area contributed by atoms with E-state index in [0.717, 1.165) is 46.4 Å². The Morgan fingerprint density at radius 3 is 2.54 bits per heavy atom. The predicted molar refractivity (Wildman–Crippen MR) is 105 cm³/mol. The maximum Gasteiger partial charge on any atom is 0.261 e. The van der Waals surface area contributed by atoms with Gasteiger partial charge in [-0.1, -0.05) is 30.2 Å². The highest BCUT2D eigenvalue weighted by Gasteiger charge is 2.46. The Kier molecular flexibility index (Phi) is 4.08. The van der Waals surface area contributed by atoms with E-state index in [1.165, 1.54) is 0 Å². The summed E-state index contributed by atoms with van der Waals surface area (Å²) in [4.78, 5) is 0. The molecule has 3 N–H and O–H groups in total.